The van der Waals surface area contributed by atoms with Gasteiger partial charge < -0.3 is 9.47 Å². The lowest BCUT2D eigenvalue weighted by atomic mass is 10.0. The molecule has 2 rings (SSSR count). The summed E-state index contributed by atoms with van der Waals surface area (Å²) in [6.07, 6.45) is 0.286. The molecule has 0 aliphatic rings. The van der Waals surface area contributed by atoms with Gasteiger partial charge in [-0.25, -0.2) is 5.43 Å². The van der Waals surface area contributed by atoms with Crippen LogP contribution in [0.4, 0.5) is 0 Å². The SMILES string of the molecule is CCOc1cccc(OCC)c1/C(C)=N\NC(=O)Cc1ccc(C)cc1C. The zero-order valence-corrected chi connectivity index (χ0v) is 16.8. The fourth-order valence-corrected chi connectivity index (χ4v) is 2.88. The molecule has 0 atom stereocenters. The molecular weight excluding hydrogens is 340 g/mol. The van der Waals surface area contributed by atoms with Gasteiger partial charge in [0.25, 0.3) is 0 Å². The second-order valence-electron chi connectivity index (χ2n) is 6.33. The lowest BCUT2D eigenvalue weighted by Gasteiger charge is -2.15. The first-order chi connectivity index (χ1) is 13.0. The number of nitrogens with zero attached hydrogens (tertiary/aromatic N) is 1. The number of hydrogen-bond donors (Lipinski definition) is 1. The van der Waals surface area contributed by atoms with Gasteiger partial charge in [0.1, 0.15) is 11.5 Å². The smallest absolute Gasteiger partial charge is 0.244 e. The largest absolute Gasteiger partial charge is 0.493 e. The summed E-state index contributed by atoms with van der Waals surface area (Å²) in [6, 6.07) is 11.7. The predicted molar refractivity (Wildman–Crippen MR) is 109 cm³/mol. The zero-order valence-electron chi connectivity index (χ0n) is 16.8. The lowest BCUT2D eigenvalue weighted by Crippen LogP contribution is -2.22. The van der Waals surface area contributed by atoms with Crippen LogP contribution in [-0.2, 0) is 11.2 Å². The highest BCUT2D eigenvalue weighted by Gasteiger charge is 2.14. The summed E-state index contributed by atoms with van der Waals surface area (Å²) in [5, 5.41) is 4.28. The Bertz CT molecular complexity index is 804. The number of benzene rings is 2. The molecule has 1 amide bonds. The molecule has 27 heavy (non-hydrogen) atoms. The van der Waals surface area contributed by atoms with Crippen LogP contribution in [0.15, 0.2) is 41.5 Å². The van der Waals surface area contributed by atoms with Crippen LogP contribution in [0.3, 0.4) is 0 Å². The Labute approximate surface area is 161 Å². The molecule has 144 valence electrons. The molecule has 1 N–H and O–H groups in total. The minimum absolute atomic E-state index is 0.159. The van der Waals surface area contributed by atoms with Crippen molar-refractivity contribution in [2.75, 3.05) is 13.2 Å². The molecule has 0 spiro atoms. The molecule has 0 saturated heterocycles. The molecule has 0 heterocycles. The highest BCUT2D eigenvalue weighted by molar-refractivity contribution is 6.04. The van der Waals surface area contributed by atoms with E-state index in [2.05, 4.69) is 16.6 Å². The highest BCUT2D eigenvalue weighted by atomic mass is 16.5. The third-order valence-electron chi connectivity index (χ3n) is 4.15. The van der Waals surface area contributed by atoms with E-state index < -0.39 is 0 Å². The first-order valence-corrected chi connectivity index (χ1v) is 9.24. The first kappa shape index (κ1) is 20.5. The molecule has 0 aliphatic heterocycles. The van der Waals surface area contributed by atoms with Crippen LogP contribution < -0.4 is 14.9 Å². The van der Waals surface area contributed by atoms with Crippen LogP contribution in [0.5, 0.6) is 11.5 Å². The van der Waals surface area contributed by atoms with E-state index in [-0.39, 0.29) is 12.3 Å². The van der Waals surface area contributed by atoms with E-state index in [1.807, 2.05) is 65.0 Å². The van der Waals surface area contributed by atoms with Crippen molar-refractivity contribution in [3.05, 3.63) is 58.7 Å². The van der Waals surface area contributed by atoms with E-state index in [1.165, 1.54) is 5.56 Å². The van der Waals surface area contributed by atoms with E-state index in [0.717, 1.165) is 16.7 Å². The van der Waals surface area contributed by atoms with E-state index in [4.69, 9.17) is 9.47 Å². The highest BCUT2D eigenvalue weighted by Crippen LogP contribution is 2.29. The van der Waals surface area contributed by atoms with Gasteiger partial charge >= 0.3 is 0 Å². The first-order valence-electron chi connectivity index (χ1n) is 9.24. The number of aryl methyl sites for hydroxylation is 2. The van der Waals surface area contributed by atoms with Gasteiger partial charge in [0.05, 0.1) is 30.9 Å². The van der Waals surface area contributed by atoms with Crippen molar-refractivity contribution in [2.45, 2.75) is 41.0 Å². The number of amides is 1. The summed E-state index contributed by atoms with van der Waals surface area (Å²) in [5.41, 5.74) is 7.32. The van der Waals surface area contributed by atoms with Gasteiger partial charge in [-0.3, -0.25) is 4.79 Å². The number of carbonyl (C=O) groups is 1. The van der Waals surface area contributed by atoms with Crippen molar-refractivity contribution in [1.29, 1.82) is 0 Å². The Balaban J connectivity index is 2.18. The Hall–Kier alpha value is -2.82. The Morgan fingerprint density at radius 3 is 2.22 bits per heavy atom. The van der Waals surface area contributed by atoms with Crippen LogP contribution in [-0.4, -0.2) is 24.8 Å². The fraction of sp³-hybridized carbons (Fsp3) is 0.364. The molecule has 2 aromatic rings. The van der Waals surface area contributed by atoms with E-state index in [0.29, 0.717) is 30.4 Å². The molecule has 0 fully saturated rings. The average Bonchev–Trinajstić information content (AvgIpc) is 2.63. The molecule has 0 unspecified atom stereocenters. The molecule has 0 aromatic heterocycles. The fourth-order valence-electron chi connectivity index (χ4n) is 2.88. The number of carbonyl (C=O) groups excluding carboxylic acids is 1. The maximum Gasteiger partial charge on any atom is 0.244 e. The summed E-state index contributed by atoms with van der Waals surface area (Å²) < 4.78 is 11.4. The summed E-state index contributed by atoms with van der Waals surface area (Å²) in [7, 11) is 0. The number of ether oxygens (including phenoxy) is 2. The molecular formula is C22H28N2O3. The molecule has 0 aliphatic carbocycles. The van der Waals surface area contributed by atoms with Crippen molar-refractivity contribution < 1.29 is 14.3 Å². The number of rotatable bonds is 8. The van der Waals surface area contributed by atoms with Crippen LogP contribution in [0, 0.1) is 13.8 Å². The minimum atomic E-state index is -0.159. The quantitative estimate of drug-likeness (QED) is 0.562. The Morgan fingerprint density at radius 1 is 1.04 bits per heavy atom. The van der Waals surface area contributed by atoms with Crippen molar-refractivity contribution in [3.63, 3.8) is 0 Å². The predicted octanol–water partition coefficient (Wildman–Crippen LogP) is 4.18. The standard InChI is InChI=1S/C22H28N2O3/c1-6-26-19-9-8-10-20(27-7-2)22(19)17(5)23-24-21(25)14-18-12-11-15(3)13-16(18)4/h8-13H,6-7,14H2,1-5H3,(H,24,25)/b23-17-. The van der Waals surface area contributed by atoms with Gasteiger partial charge in [-0.2, -0.15) is 5.10 Å². The van der Waals surface area contributed by atoms with Gasteiger partial charge in [0, 0.05) is 0 Å². The molecule has 0 radical (unpaired) electrons. The molecule has 2 aromatic carbocycles. The van der Waals surface area contributed by atoms with Crippen LogP contribution in [0.2, 0.25) is 0 Å². The number of nitrogens with one attached hydrogen (secondary N) is 1. The summed E-state index contributed by atoms with van der Waals surface area (Å²) in [6.45, 7) is 10.8. The van der Waals surface area contributed by atoms with Gasteiger partial charge in [-0.1, -0.05) is 29.8 Å². The van der Waals surface area contributed by atoms with Crippen molar-refractivity contribution >= 4 is 11.6 Å². The second-order valence-corrected chi connectivity index (χ2v) is 6.33. The topological polar surface area (TPSA) is 59.9 Å². The maximum absolute atomic E-state index is 12.3. The van der Waals surface area contributed by atoms with Gasteiger partial charge in [-0.05, 0) is 57.9 Å². The van der Waals surface area contributed by atoms with Crippen molar-refractivity contribution in [2.24, 2.45) is 5.10 Å². The lowest BCUT2D eigenvalue weighted by molar-refractivity contribution is -0.120. The van der Waals surface area contributed by atoms with Crippen molar-refractivity contribution in [3.8, 4) is 11.5 Å². The van der Waals surface area contributed by atoms with E-state index in [1.54, 1.807) is 0 Å². The zero-order chi connectivity index (χ0) is 19.8. The Kier molecular flexibility index (Phi) is 7.41. The van der Waals surface area contributed by atoms with E-state index in [9.17, 15) is 4.79 Å². The maximum atomic E-state index is 12.3. The molecule has 0 saturated carbocycles. The monoisotopic (exact) mass is 368 g/mol. The van der Waals surface area contributed by atoms with Gasteiger partial charge in [0.15, 0.2) is 0 Å². The minimum Gasteiger partial charge on any atom is -0.493 e. The summed E-state index contributed by atoms with van der Waals surface area (Å²) >= 11 is 0. The van der Waals surface area contributed by atoms with Crippen LogP contribution in [0.1, 0.15) is 43.0 Å². The third kappa shape index (κ3) is 5.58. The molecule has 0 bridgehead atoms. The molecule has 5 nitrogen and oxygen atoms in total. The number of hydrogen-bond acceptors (Lipinski definition) is 4. The van der Waals surface area contributed by atoms with Crippen molar-refractivity contribution in [1.82, 2.24) is 5.43 Å². The van der Waals surface area contributed by atoms with Crippen LogP contribution >= 0.6 is 0 Å². The van der Waals surface area contributed by atoms with Gasteiger partial charge in [0.2, 0.25) is 5.91 Å². The normalized spacial score (nSPS) is 11.2. The third-order valence-corrected chi connectivity index (χ3v) is 4.15. The Morgan fingerprint density at radius 2 is 1.67 bits per heavy atom. The summed E-state index contributed by atoms with van der Waals surface area (Å²) in [4.78, 5) is 12.3. The van der Waals surface area contributed by atoms with Crippen LogP contribution in [0.25, 0.3) is 0 Å². The number of hydrazone groups is 1. The average molecular weight is 368 g/mol. The van der Waals surface area contributed by atoms with Gasteiger partial charge in [-0.15, -0.1) is 0 Å². The summed E-state index contributed by atoms with van der Waals surface area (Å²) in [5.74, 6) is 1.22. The van der Waals surface area contributed by atoms with E-state index >= 15 is 0 Å². The molecule has 5 heteroatoms. The second kappa shape index (κ2) is 9.76.